The van der Waals surface area contributed by atoms with Gasteiger partial charge in [0.05, 0.1) is 11.3 Å². The van der Waals surface area contributed by atoms with Crippen molar-refractivity contribution in [1.82, 2.24) is 25.2 Å². The van der Waals surface area contributed by atoms with Gasteiger partial charge in [-0.15, -0.1) is 5.10 Å². The molecule has 10 heteroatoms. The summed E-state index contributed by atoms with van der Waals surface area (Å²) in [6.45, 7) is 0. The highest BCUT2D eigenvalue weighted by Gasteiger charge is 2.31. The van der Waals surface area contributed by atoms with Gasteiger partial charge in [0, 0.05) is 7.05 Å². The number of aryl methyl sites for hydroxylation is 1. The molecule has 0 spiro atoms. The standard InChI is InChI=1S/C11H8F3N5OS/c1-19-10(16-17-18-19)21-5-9-15-7-4-6(11(12,13)14)2-3-8(7)20-9/h2-4H,5H2,1H3. The van der Waals surface area contributed by atoms with Crippen LogP contribution < -0.4 is 0 Å². The molecule has 0 saturated heterocycles. The number of halogens is 3. The number of alkyl halides is 3. The summed E-state index contributed by atoms with van der Waals surface area (Å²) in [5, 5.41) is 11.5. The molecule has 3 aromatic rings. The largest absolute Gasteiger partial charge is 0.440 e. The number of tetrazole rings is 1. The van der Waals surface area contributed by atoms with Crippen molar-refractivity contribution in [2.24, 2.45) is 7.05 Å². The van der Waals surface area contributed by atoms with Gasteiger partial charge in [0.2, 0.25) is 11.0 Å². The Morgan fingerprint density at radius 1 is 1.33 bits per heavy atom. The molecule has 21 heavy (non-hydrogen) atoms. The molecule has 1 aromatic carbocycles. The van der Waals surface area contributed by atoms with E-state index in [1.54, 1.807) is 7.05 Å². The van der Waals surface area contributed by atoms with E-state index in [0.29, 0.717) is 22.4 Å². The fraction of sp³-hybridized carbons (Fsp3) is 0.273. The Labute approximate surface area is 120 Å². The third kappa shape index (κ3) is 2.84. The van der Waals surface area contributed by atoms with Crippen molar-refractivity contribution in [3.05, 3.63) is 29.7 Å². The van der Waals surface area contributed by atoms with Crippen molar-refractivity contribution in [3.63, 3.8) is 0 Å². The van der Waals surface area contributed by atoms with E-state index in [4.69, 9.17) is 4.42 Å². The molecule has 0 fully saturated rings. The maximum atomic E-state index is 12.6. The number of aromatic nitrogens is 5. The number of fused-ring (bicyclic) bond motifs is 1. The van der Waals surface area contributed by atoms with E-state index in [1.165, 1.54) is 22.5 Å². The number of hydrogen-bond donors (Lipinski definition) is 0. The first-order valence-electron chi connectivity index (χ1n) is 5.75. The summed E-state index contributed by atoms with van der Waals surface area (Å²) in [5.41, 5.74) is -0.258. The van der Waals surface area contributed by atoms with E-state index in [9.17, 15) is 13.2 Å². The van der Waals surface area contributed by atoms with E-state index < -0.39 is 11.7 Å². The number of benzene rings is 1. The van der Waals surface area contributed by atoms with Crippen LogP contribution in [-0.2, 0) is 19.0 Å². The summed E-state index contributed by atoms with van der Waals surface area (Å²) < 4.78 is 44.7. The molecule has 110 valence electrons. The maximum absolute atomic E-state index is 12.6. The molecule has 0 aliphatic carbocycles. The third-order valence-corrected chi connectivity index (χ3v) is 3.66. The molecule has 0 radical (unpaired) electrons. The zero-order chi connectivity index (χ0) is 15.0. The smallest absolute Gasteiger partial charge is 0.416 e. The minimum Gasteiger partial charge on any atom is -0.440 e. The minimum absolute atomic E-state index is 0.177. The van der Waals surface area contributed by atoms with Crippen molar-refractivity contribution < 1.29 is 17.6 Å². The second kappa shape index (κ2) is 5.02. The zero-order valence-electron chi connectivity index (χ0n) is 10.6. The Hall–Kier alpha value is -2.10. The number of oxazole rings is 1. The Morgan fingerprint density at radius 2 is 2.14 bits per heavy atom. The topological polar surface area (TPSA) is 69.6 Å². The molecule has 3 rings (SSSR count). The van der Waals surface area contributed by atoms with E-state index in [-0.39, 0.29) is 5.52 Å². The van der Waals surface area contributed by atoms with Crippen LogP contribution in [0.5, 0.6) is 0 Å². The SMILES string of the molecule is Cn1nnnc1SCc1nc2cc(C(F)(F)F)ccc2o1. The Bertz CT molecular complexity index is 782. The van der Waals surface area contributed by atoms with Crippen molar-refractivity contribution in [1.29, 1.82) is 0 Å². The highest BCUT2D eigenvalue weighted by Crippen LogP contribution is 2.32. The van der Waals surface area contributed by atoms with Crippen molar-refractivity contribution in [2.75, 3.05) is 0 Å². The average molecular weight is 315 g/mol. The molecule has 0 N–H and O–H groups in total. The molecule has 0 saturated carbocycles. The summed E-state index contributed by atoms with van der Waals surface area (Å²) in [5.74, 6) is 0.641. The van der Waals surface area contributed by atoms with Crippen molar-refractivity contribution in [3.8, 4) is 0 Å². The van der Waals surface area contributed by atoms with Gasteiger partial charge in [0.15, 0.2) is 5.58 Å². The van der Waals surface area contributed by atoms with Gasteiger partial charge in [0.1, 0.15) is 5.52 Å². The molecular formula is C11H8F3N5OS. The second-order valence-electron chi connectivity index (χ2n) is 4.16. The first kappa shape index (κ1) is 13.9. The van der Waals surface area contributed by atoms with Gasteiger partial charge in [-0.25, -0.2) is 9.67 Å². The van der Waals surface area contributed by atoms with Crippen molar-refractivity contribution >= 4 is 22.9 Å². The summed E-state index contributed by atoms with van der Waals surface area (Å²) >= 11 is 1.28. The van der Waals surface area contributed by atoms with Gasteiger partial charge < -0.3 is 4.42 Å². The fourth-order valence-corrected chi connectivity index (χ4v) is 2.38. The summed E-state index contributed by atoms with van der Waals surface area (Å²) in [7, 11) is 1.68. The lowest BCUT2D eigenvalue weighted by atomic mass is 10.2. The Balaban J connectivity index is 1.82. The molecule has 0 aliphatic heterocycles. The highest BCUT2D eigenvalue weighted by molar-refractivity contribution is 7.98. The Kier molecular flexibility index (Phi) is 3.32. The molecule has 2 aromatic heterocycles. The van der Waals surface area contributed by atoms with Crippen LogP contribution in [0.25, 0.3) is 11.1 Å². The van der Waals surface area contributed by atoms with Gasteiger partial charge in [0.25, 0.3) is 0 Å². The van der Waals surface area contributed by atoms with Crippen molar-refractivity contribution in [2.45, 2.75) is 17.1 Å². The molecular weight excluding hydrogens is 307 g/mol. The fourth-order valence-electron chi connectivity index (χ4n) is 1.68. The van der Waals surface area contributed by atoms with Gasteiger partial charge in [-0.2, -0.15) is 13.2 Å². The van der Waals surface area contributed by atoms with Crippen LogP contribution in [0.15, 0.2) is 27.8 Å². The lowest BCUT2D eigenvalue weighted by Gasteiger charge is -2.04. The third-order valence-electron chi connectivity index (χ3n) is 2.67. The first-order valence-corrected chi connectivity index (χ1v) is 6.74. The van der Waals surface area contributed by atoms with Gasteiger partial charge in [-0.05, 0) is 28.6 Å². The van der Waals surface area contributed by atoms with Crippen LogP contribution in [0.1, 0.15) is 11.5 Å². The van der Waals surface area contributed by atoms with Crippen LogP contribution in [0.3, 0.4) is 0 Å². The number of rotatable bonds is 3. The van der Waals surface area contributed by atoms with Crippen LogP contribution in [-0.4, -0.2) is 25.2 Å². The van der Waals surface area contributed by atoms with Gasteiger partial charge >= 0.3 is 6.18 Å². The van der Waals surface area contributed by atoms with E-state index >= 15 is 0 Å². The molecule has 2 heterocycles. The van der Waals surface area contributed by atoms with Crippen LogP contribution in [0, 0.1) is 0 Å². The maximum Gasteiger partial charge on any atom is 0.416 e. The average Bonchev–Trinajstić information content (AvgIpc) is 2.99. The van der Waals surface area contributed by atoms with E-state index in [2.05, 4.69) is 20.5 Å². The molecule has 0 amide bonds. The quantitative estimate of drug-likeness (QED) is 0.692. The molecule has 0 aliphatic rings. The normalized spacial score (nSPS) is 12.2. The van der Waals surface area contributed by atoms with E-state index in [1.807, 2.05) is 0 Å². The number of nitrogens with zero attached hydrogens (tertiary/aromatic N) is 5. The second-order valence-corrected chi connectivity index (χ2v) is 5.10. The predicted molar refractivity (Wildman–Crippen MR) is 67.4 cm³/mol. The number of hydrogen-bond acceptors (Lipinski definition) is 6. The monoisotopic (exact) mass is 315 g/mol. The van der Waals surface area contributed by atoms with Gasteiger partial charge in [-0.3, -0.25) is 0 Å². The summed E-state index contributed by atoms with van der Waals surface area (Å²) in [4.78, 5) is 4.05. The predicted octanol–water partition coefficient (Wildman–Crippen LogP) is 2.66. The summed E-state index contributed by atoms with van der Waals surface area (Å²) in [6.07, 6.45) is -4.40. The van der Waals surface area contributed by atoms with Crippen LogP contribution in [0.2, 0.25) is 0 Å². The number of thioether (sulfide) groups is 1. The van der Waals surface area contributed by atoms with Crippen LogP contribution in [0.4, 0.5) is 13.2 Å². The highest BCUT2D eigenvalue weighted by atomic mass is 32.2. The van der Waals surface area contributed by atoms with Crippen LogP contribution >= 0.6 is 11.8 Å². The lowest BCUT2D eigenvalue weighted by Crippen LogP contribution is -2.03. The molecule has 0 atom stereocenters. The first-order chi connectivity index (χ1) is 9.93. The molecule has 0 unspecified atom stereocenters. The lowest BCUT2D eigenvalue weighted by molar-refractivity contribution is -0.137. The molecule has 6 nitrogen and oxygen atoms in total. The van der Waals surface area contributed by atoms with Gasteiger partial charge in [-0.1, -0.05) is 11.8 Å². The van der Waals surface area contributed by atoms with E-state index in [0.717, 1.165) is 12.1 Å². The zero-order valence-corrected chi connectivity index (χ0v) is 11.4. The minimum atomic E-state index is -4.40. The molecule has 0 bridgehead atoms. The summed E-state index contributed by atoms with van der Waals surface area (Å²) in [6, 6.07) is 3.21. The Morgan fingerprint density at radius 3 is 2.81 bits per heavy atom.